The van der Waals surface area contributed by atoms with Crippen LogP contribution in [0, 0.1) is 16.7 Å². The van der Waals surface area contributed by atoms with Crippen molar-refractivity contribution in [3.8, 4) is 28.8 Å². The van der Waals surface area contributed by atoms with E-state index in [4.69, 9.17) is 4.74 Å². The van der Waals surface area contributed by atoms with E-state index in [-0.39, 0.29) is 11.3 Å². The number of ether oxygens (including phenoxy) is 1. The summed E-state index contributed by atoms with van der Waals surface area (Å²) in [5, 5.41) is 22.3. The van der Waals surface area contributed by atoms with Crippen molar-refractivity contribution in [2.75, 3.05) is 0 Å². The van der Waals surface area contributed by atoms with E-state index >= 15 is 0 Å². The van der Waals surface area contributed by atoms with Gasteiger partial charge in [-0.2, -0.15) is 10.4 Å². The molecule has 3 heterocycles. The molecule has 0 saturated heterocycles. The molecule has 1 aromatic carbocycles. The topological polar surface area (TPSA) is 94.4 Å². The van der Waals surface area contributed by atoms with Crippen LogP contribution in [-0.4, -0.2) is 29.8 Å². The van der Waals surface area contributed by atoms with Gasteiger partial charge in [-0.15, -0.1) is 5.10 Å². The van der Waals surface area contributed by atoms with E-state index in [2.05, 4.69) is 63.2 Å². The molecule has 0 radical (unpaired) electrons. The maximum atomic E-state index is 9.60. The number of fused-ring (bicyclic) bond motifs is 1. The summed E-state index contributed by atoms with van der Waals surface area (Å²) in [5.41, 5.74) is 3.69. The SMILES string of the molecule is Cn1cc(-c2cnc(Oc3ccc4c(nnn4CC(C)(C)C)c3Br)c(C#N)c2)cn1. The fourth-order valence-corrected chi connectivity index (χ4v) is 3.57. The van der Waals surface area contributed by atoms with Crippen LogP contribution >= 0.6 is 15.9 Å². The minimum absolute atomic E-state index is 0.0733. The van der Waals surface area contributed by atoms with Crippen molar-refractivity contribution in [2.24, 2.45) is 12.5 Å². The first-order valence-electron chi connectivity index (χ1n) is 9.34. The van der Waals surface area contributed by atoms with E-state index in [9.17, 15) is 5.26 Å². The average Bonchev–Trinajstić information content (AvgIpc) is 3.30. The predicted molar refractivity (Wildman–Crippen MR) is 116 cm³/mol. The maximum Gasteiger partial charge on any atom is 0.237 e. The third kappa shape index (κ3) is 3.91. The highest BCUT2D eigenvalue weighted by Crippen LogP contribution is 2.36. The van der Waals surface area contributed by atoms with Gasteiger partial charge in [0.15, 0.2) is 0 Å². The molecule has 152 valence electrons. The van der Waals surface area contributed by atoms with Crippen LogP contribution in [0.3, 0.4) is 0 Å². The molecular weight excluding hydrogens is 446 g/mol. The Morgan fingerprint density at radius 3 is 2.67 bits per heavy atom. The highest BCUT2D eigenvalue weighted by atomic mass is 79.9. The molecule has 4 rings (SSSR count). The zero-order valence-corrected chi connectivity index (χ0v) is 18.7. The van der Waals surface area contributed by atoms with E-state index in [0.717, 1.165) is 23.2 Å². The van der Waals surface area contributed by atoms with Crippen molar-refractivity contribution in [1.29, 1.82) is 5.26 Å². The van der Waals surface area contributed by atoms with Crippen molar-refractivity contribution in [2.45, 2.75) is 27.3 Å². The van der Waals surface area contributed by atoms with Gasteiger partial charge in [0.1, 0.15) is 22.9 Å². The lowest BCUT2D eigenvalue weighted by molar-refractivity contribution is 0.327. The molecule has 4 aromatic rings. The third-order valence-electron chi connectivity index (χ3n) is 4.43. The van der Waals surface area contributed by atoms with Crippen molar-refractivity contribution in [3.05, 3.63) is 46.8 Å². The molecular formula is C21H20BrN7O. The molecule has 0 spiro atoms. The lowest BCUT2D eigenvalue weighted by Gasteiger charge is -2.18. The molecule has 0 fully saturated rings. The Kier molecular flexibility index (Phi) is 5.03. The summed E-state index contributed by atoms with van der Waals surface area (Å²) in [4.78, 5) is 4.36. The van der Waals surface area contributed by atoms with Crippen LogP contribution in [0.1, 0.15) is 26.3 Å². The Morgan fingerprint density at radius 1 is 1.20 bits per heavy atom. The number of halogens is 1. The Balaban J connectivity index is 1.67. The first-order chi connectivity index (χ1) is 14.2. The second-order valence-electron chi connectivity index (χ2n) is 8.25. The number of pyridine rings is 1. The molecule has 0 aliphatic heterocycles. The monoisotopic (exact) mass is 465 g/mol. The Hall–Kier alpha value is -3.25. The molecule has 0 aliphatic rings. The number of nitrogens with zero attached hydrogens (tertiary/aromatic N) is 7. The first kappa shape index (κ1) is 20.0. The van der Waals surface area contributed by atoms with Gasteiger partial charge < -0.3 is 4.74 Å². The largest absolute Gasteiger partial charge is 0.436 e. The summed E-state index contributed by atoms with van der Waals surface area (Å²) in [6, 6.07) is 7.64. The highest BCUT2D eigenvalue weighted by Gasteiger charge is 2.19. The quantitative estimate of drug-likeness (QED) is 0.433. The summed E-state index contributed by atoms with van der Waals surface area (Å²) in [6.45, 7) is 7.19. The number of aromatic nitrogens is 6. The molecule has 0 N–H and O–H groups in total. The average molecular weight is 466 g/mol. The molecule has 30 heavy (non-hydrogen) atoms. The van der Waals surface area contributed by atoms with Crippen molar-refractivity contribution in [3.63, 3.8) is 0 Å². The Labute approximate surface area is 182 Å². The number of hydrogen-bond donors (Lipinski definition) is 0. The van der Waals surface area contributed by atoms with E-state index in [0.29, 0.717) is 21.3 Å². The summed E-state index contributed by atoms with van der Waals surface area (Å²) in [7, 11) is 1.84. The number of benzene rings is 1. The minimum atomic E-state index is 0.0733. The lowest BCUT2D eigenvalue weighted by atomic mass is 9.97. The van der Waals surface area contributed by atoms with Crippen LogP contribution in [0.15, 0.2) is 41.3 Å². The van der Waals surface area contributed by atoms with E-state index in [1.54, 1.807) is 23.1 Å². The van der Waals surface area contributed by atoms with Gasteiger partial charge in [-0.1, -0.05) is 26.0 Å². The smallest absolute Gasteiger partial charge is 0.237 e. The van der Waals surface area contributed by atoms with Gasteiger partial charge in [0, 0.05) is 37.1 Å². The van der Waals surface area contributed by atoms with Gasteiger partial charge in [-0.25, -0.2) is 9.67 Å². The molecule has 8 nitrogen and oxygen atoms in total. The van der Waals surface area contributed by atoms with Gasteiger partial charge in [0.25, 0.3) is 0 Å². The van der Waals surface area contributed by atoms with Crippen LogP contribution in [0.5, 0.6) is 11.6 Å². The van der Waals surface area contributed by atoms with E-state index in [1.165, 1.54) is 0 Å². The van der Waals surface area contributed by atoms with Crippen molar-refractivity contribution < 1.29 is 4.74 Å². The number of aryl methyl sites for hydroxylation is 1. The fourth-order valence-electron chi connectivity index (χ4n) is 3.08. The number of rotatable bonds is 4. The Morgan fingerprint density at radius 2 is 2.00 bits per heavy atom. The predicted octanol–water partition coefficient (Wildman–Crippen LogP) is 4.70. The molecule has 0 bridgehead atoms. The summed E-state index contributed by atoms with van der Waals surface area (Å²) in [5.74, 6) is 0.746. The lowest BCUT2D eigenvalue weighted by Crippen LogP contribution is -2.16. The first-order valence-corrected chi connectivity index (χ1v) is 10.1. The standard InChI is InChI=1S/C21H20BrN7O/c1-21(2,3)12-29-16-5-6-17(18(22)19(16)26-27-29)30-20-13(8-23)7-14(9-24-20)15-10-25-28(4)11-15/h5-7,9-11H,12H2,1-4H3. The molecule has 9 heteroatoms. The number of nitriles is 1. The summed E-state index contributed by atoms with van der Waals surface area (Å²) in [6.07, 6.45) is 5.26. The third-order valence-corrected chi connectivity index (χ3v) is 5.20. The molecule has 3 aromatic heterocycles. The van der Waals surface area contributed by atoms with Gasteiger partial charge in [-0.3, -0.25) is 4.68 Å². The zero-order valence-electron chi connectivity index (χ0n) is 17.1. The molecule has 0 atom stereocenters. The van der Waals surface area contributed by atoms with Crippen LogP contribution < -0.4 is 4.74 Å². The minimum Gasteiger partial charge on any atom is -0.436 e. The highest BCUT2D eigenvalue weighted by molar-refractivity contribution is 9.10. The normalized spacial score (nSPS) is 11.6. The Bertz CT molecular complexity index is 1280. The van der Waals surface area contributed by atoms with Gasteiger partial charge in [-0.05, 0) is 39.5 Å². The van der Waals surface area contributed by atoms with Crippen LogP contribution in [-0.2, 0) is 13.6 Å². The van der Waals surface area contributed by atoms with Gasteiger partial charge in [0.2, 0.25) is 5.88 Å². The van der Waals surface area contributed by atoms with Crippen LogP contribution in [0.25, 0.3) is 22.2 Å². The van der Waals surface area contributed by atoms with E-state index in [1.807, 2.05) is 30.1 Å². The maximum absolute atomic E-state index is 9.60. The van der Waals surface area contributed by atoms with Crippen LogP contribution in [0.2, 0.25) is 0 Å². The molecule has 0 unspecified atom stereocenters. The van der Waals surface area contributed by atoms with Crippen molar-refractivity contribution in [1.82, 2.24) is 29.8 Å². The van der Waals surface area contributed by atoms with Gasteiger partial charge >= 0.3 is 0 Å². The van der Waals surface area contributed by atoms with Crippen LogP contribution in [0.4, 0.5) is 0 Å². The number of hydrogen-bond acceptors (Lipinski definition) is 6. The molecule has 0 saturated carbocycles. The van der Waals surface area contributed by atoms with Gasteiger partial charge in [0.05, 0.1) is 16.2 Å². The zero-order chi connectivity index (χ0) is 21.5. The second-order valence-corrected chi connectivity index (χ2v) is 9.04. The van der Waals surface area contributed by atoms with Crippen molar-refractivity contribution >= 4 is 27.0 Å². The summed E-state index contributed by atoms with van der Waals surface area (Å²) >= 11 is 3.57. The fraction of sp³-hybridized carbons (Fsp3) is 0.286. The van der Waals surface area contributed by atoms with E-state index < -0.39 is 0 Å². The molecule has 0 amide bonds. The molecule has 0 aliphatic carbocycles. The summed E-state index contributed by atoms with van der Waals surface area (Å²) < 4.78 is 10.2. The second kappa shape index (κ2) is 7.54.